The number of ether oxygens (including phenoxy) is 1. The van der Waals surface area contributed by atoms with E-state index in [1.54, 1.807) is 19.4 Å². The first kappa shape index (κ1) is 19.8. The van der Waals surface area contributed by atoms with Crippen molar-refractivity contribution in [2.24, 2.45) is 0 Å². The normalized spacial score (nSPS) is 11.8. The molecule has 0 unspecified atom stereocenters. The Balaban J connectivity index is 1.92. The maximum atomic E-state index is 12.2. The molecular weight excluding hydrogens is 376 g/mol. The summed E-state index contributed by atoms with van der Waals surface area (Å²) in [6, 6.07) is 11.3. The first-order valence-corrected chi connectivity index (χ1v) is 9.65. The zero-order valence-corrected chi connectivity index (χ0v) is 16.6. The Bertz CT molecular complexity index is 937. The van der Waals surface area contributed by atoms with Crippen LogP contribution in [0.2, 0.25) is 0 Å². The minimum absolute atomic E-state index is 0.0830. The lowest BCUT2D eigenvalue weighted by molar-refractivity contribution is -0.120. The number of amides is 1. The van der Waals surface area contributed by atoms with Crippen LogP contribution in [0, 0.1) is 0 Å². The molecule has 0 saturated heterocycles. The number of carbonyl (C=O) groups is 1. The lowest BCUT2D eigenvalue weighted by Gasteiger charge is -2.13. The molecule has 0 aliphatic heterocycles. The minimum atomic E-state index is -0.335. The van der Waals surface area contributed by atoms with E-state index in [2.05, 4.69) is 22.1 Å². The highest BCUT2D eigenvalue weighted by atomic mass is 32.2. The van der Waals surface area contributed by atoms with Gasteiger partial charge in [-0.15, -0.1) is 16.8 Å². The molecule has 1 aromatic carbocycles. The van der Waals surface area contributed by atoms with Crippen molar-refractivity contribution in [3.63, 3.8) is 0 Å². The van der Waals surface area contributed by atoms with Gasteiger partial charge in [-0.25, -0.2) is 0 Å². The van der Waals surface area contributed by atoms with Crippen LogP contribution in [0.15, 0.2) is 64.9 Å². The van der Waals surface area contributed by atoms with Gasteiger partial charge in [-0.2, -0.15) is 0 Å². The van der Waals surface area contributed by atoms with Gasteiger partial charge in [0.25, 0.3) is 0 Å². The number of benzene rings is 1. The van der Waals surface area contributed by atoms with Crippen LogP contribution < -0.4 is 10.1 Å². The van der Waals surface area contributed by atoms with Crippen molar-refractivity contribution in [3.8, 4) is 17.1 Å². The summed E-state index contributed by atoms with van der Waals surface area (Å²) >= 11 is 1.35. The quantitative estimate of drug-likeness (QED) is 0.440. The molecule has 0 aliphatic carbocycles. The molecular formula is C20H22N4O3S. The maximum Gasteiger partial charge on any atom is 0.233 e. The molecule has 1 atom stereocenters. The van der Waals surface area contributed by atoms with E-state index >= 15 is 0 Å². The molecule has 0 bridgehead atoms. The second kappa shape index (κ2) is 9.27. The first-order valence-electron chi connectivity index (χ1n) is 8.77. The van der Waals surface area contributed by atoms with Crippen molar-refractivity contribution in [2.45, 2.75) is 23.9 Å². The van der Waals surface area contributed by atoms with Crippen LogP contribution in [0.25, 0.3) is 11.4 Å². The summed E-state index contributed by atoms with van der Waals surface area (Å²) in [6.07, 6.45) is 3.28. The highest BCUT2D eigenvalue weighted by Gasteiger charge is 2.21. The summed E-state index contributed by atoms with van der Waals surface area (Å²) in [5.41, 5.74) is 0.869. The van der Waals surface area contributed by atoms with E-state index in [9.17, 15) is 4.79 Å². The number of rotatable bonds is 9. The fourth-order valence-corrected chi connectivity index (χ4v) is 3.45. The number of carbonyl (C=O) groups excluding carboxylic acids is 1. The fourth-order valence-electron chi connectivity index (χ4n) is 2.58. The van der Waals surface area contributed by atoms with Gasteiger partial charge in [0.15, 0.2) is 11.0 Å². The Kier molecular flexibility index (Phi) is 6.54. The number of nitrogens with zero attached hydrogens (tertiary/aromatic N) is 3. The third-order valence-electron chi connectivity index (χ3n) is 4.01. The van der Waals surface area contributed by atoms with Gasteiger partial charge in [-0.05, 0) is 31.2 Å². The van der Waals surface area contributed by atoms with E-state index in [4.69, 9.17) is 9.15 Å². The summed E-state index contributed by atoms with van der Waals surface area (Å²) in [4.78, 5) is 12.2. The molecule has 7 nitrogen and oxygen atoms in total. The number of hydrogen-bond donors (Lipinski definition) is 1. The Labute approximate surface area is 167 Å². The van der Waals surface area contributed by atoms with Crippen LogP contribution in [-0.2, 0) is 11.3 Å². The highest BCUT2D eigenvalue weighted by molar-refractivity contribution is 8.00. The third kappa shape index (κ3) is 4.64. The molecule has 2 aromatic heterocycles. The molecule has 28 heavy (non-hydrogen) atoms. The van der Waals surface area contributed by atoms with E-state index in [0.29, 0.717) is 24.1 Å². The molecule has 2 heterocycles. The van der Waals surface area contributed by atoms with Gasteiger partial charge in [0.1, 0.15) is 11.5 Å². The first-order chi connectivity index (χ1) is 13.6. The van der Waals surface area contributed by atoms with Crippen LogP contribution in [-0.4, -0.2) is 39.6 Å². The molecule has 146 valence electrons. The van der Waals surface area contributed by atoms with Crippen LogP contribution in [0.4, 0.5) is 0 Å². The molecule has 3 aromatic rings. The molecule has 1 amide bonds. The summed E-state index contributed by atoms with van der Waals surface area (Å²) in [5, 5.41) is 11.8. The van der Waals surface area contributed by atoms with E-state index < -0.39 is 0 Å². The monoisotopic (exact) mass is 398 g/mol. The number of aromatic nitrogens is 3. The zero-order valence-electron chi connectivity index (χ0n) is 15.8. The smallest absolute Gasteiger partial charge is 0.233 e. The predicted octanol–water partition coefficient (Wildman–Crippen LogP) is 3.38. The Hall–Kier alpha value is -3.00. The number of furan rings is 1. The topological polar surface area (TPSA) is 82.2 Å². The second-order valence-corrected chi connectivity index (χ2v) is 7.31. The molecule has 0 saturated carbocycles. The lowest BCUT2D eigenvalue weighted by atomic mass is 10.2. The summed E-state index contributed by atoms with van der Waals surface area (Å²) in [6.45, 7) is 6.33. The van der Waals surface area contributed by atoms with Crippen LogP contribution in [0.1, 0.15) is 12.7 Å². The van der Waals surface area contributed by atoms with Gasteiger partial charge in [-0.3, -0.25) is 9.36 Å². The average Bonchev–Trinajstić information content (AvgIpc) is 3.37. The number of methoxy groups -OCH3 is 1. The highest BCUT2D eigenvalue weighted by Crippen LogP contribution is 2.29. The fraction of sp³-hybridized carbons (Fsp3) is 0.250. The van der Waals surface area contributed by atoms with E-state index in [1.165, 1.54) is 11.8 Å². The number of nitrogens with one attached hydrogen (secondary N) is 1. The van der Waals surface area contributed by atoms with Crippen molar-refractivity contribution >= 4 is 17.7 Å². The zero-order chi connectivity index (χ0) is 19.9. The van der Waals surface area contributed by atoms with Crippen molar-refractivity contribution in [2.75, 3.05) is 13.7 Å². The standard InChI is InChI=1S/C20H22N4O3S/c1-4-10-21-19(25)14(2)28-20-23-22-18(15-7-5-8-16(12-15)26-3)24(20)13-17-9-6-11-27-17/h4-9,11-12,14H,1,10,13H2,2-3H3,(H,21,25)/t14-/m0/s1. The summed E-state index contributed by atoms with van der Waals surface area (Å²) < 4.78 is 12.8. The maximum absolute atomic E-state index is 12.2. The summed E-state index contributed by atoms with van der Waals surface area (Å²) in [7, 11) is 1.62. The average molecular weight is 398 g/mol. The third-order valence-corrected chi connectivity index (χ3v) is 5.09. The molecule has 0 spiro atoms. The largest absolute Gasteiger partial charge is 0.497 e. The lowest BCUT2D eigenvalue weighted by Crippen LogP contribution is -2.31. The van der Waals surface area contributed by atoms with Gasteiger partial charge >= 0.3 is 0 Å². The van der Waals surface area contributed by atoms with Crippen LogP contribution in [0.3, 0.4) is 0 Å². The Morgan fingerprint density at radius 1 is 1.39 bits per heavy atom. The molecule has 1 N–H and O–H groups in total. The number of hydrogen-bond acceptors (Lipinski definition) is 6. The SMILES string of the molecule is C=CCNC(=O)[C@H](C)Sc1nnc(-c2cccc(OC)c2)n1Cc1ccco1. The van der Waals surface area contributed by atoms with E-state index in [1.807, 2.05) is 47.9 Å². The number of thioether (sulfide) groups is 1. The van der Waals surface area contributed by atoms with Crippen LogP contribution >= 0.6 is 11.8 Å². The van der Waals surface area contributed by atoms with Crippen molar-refractivity contribution < 1.29 is 13.9 Å². The van der Waals surface area contributed by atoms with Gasteiger partial charge in [0, 0.05) is 12.1 Å². The van der Waals surface area contributed by atoms with Crippen molar-refractivity contribution in [3.05, 3.63) is 61.1 Å². The Morgan fingerprint density at radius 3 is 2.96 bits per heavy atom. The van der Waals surface area contributed by atoms with Crippen LogP contribution in [0.5, 0.6) is 5.75 Å². The van der Waals surface area contributed by atoms with E-state index in [0.717, 1.165) is 17.1 Å². The second-order valence-electron chi connectivity index (χ2n) is 6.00. The van der Waals surface area contributed by atoms with Crippen molar-refractivity contribution in [1.29, 1.82) is 0 Å². The van der Waals surface area contributed by atoms with Gasteiger partial charge < -0.3 is 14.5 Å². The molecule has 8 heteroatoms. The molecule has 0 radical (unpaired) electrons. The molecule has 0 aliphatic rings. The van der Waals surface area contributed by atoms with Crippen molar-refractivity contribution in [1.82, 2.24) is 20.1 Å². The van der Waals surface area contributed by atoms with Gasteiger partial charge in [0.05, 0.1) is 25.2 Å². The Morgan fingerprint density at radius 2 is 2.25 bits per heavy atom. The van der Waals surface area contributed by atoms with Gasteiger partial charge in [0.2, 0.25) is 5.91 Å². The molecule has 0 fully saturated rings. The minimum Gasteiger partial charge on any atom is -0.497 e. The van der Waals surface area contributed by atoms with Gasteiger partial charge in [-0.1, -0.05) is 30.0 Å². The van der Waals surface area contributed by atoms with E-state index in [-0.39, 0.29) is 11.2 Å². The summed E-state index contributed by atoms with van der Waals surface area (Å²) in [5.74, 6) is 2.10. The molecule has 3 rings (SSSR count). The predicted molar refractivity (Wildman–Crippen MR) is 108 cm³/mol.